The molecule has 1 aromatic carbocycles. The molecule has 0 radical (unpaired) electrons. The quantitative estimate of drug-likeness (QED) is 0.762. The van der Waals surface area contributed by atoms with E-state index in [1.54, 1.807) is 0 Å². The number of aryl methyl sites for hydroxylation is 1. The number of H-pyrrole nitrogens is 1. The second kappa shape index (κ2) is 4.49. The smallest absolute Gasteiger partial charge is 0.120 e. The average Bonchev–Trinajstić information content (AvgIpc) is 3.09. The van der Waals surface area contributed by atoms with Crippen LogP contribution >= 0.6 is 0 Å². The van der Waals surface area contributed by atoms with E-state index in [0.29, 0.717) is 6.04 Å². The molecule has 2 aromatic heterocycles. The van der Waals surface area contributed by atoms with Gasteiger partial charge in [-0.1, -0.05) is 18.2 Å². The first-order valence-electron chi connectivity index (χ1n) is 7.13. The van der Waals surface area contributed by atoms with Crippen molar-refractivity contribution in [2.45, 2.75) is 25.4 Å². The number of aromatic amines is 1. The Bertz CT molecular complexity index is 749. The van der Waals surface area contributed by atoms with Crippen LogP contribution in [0.3, 0.4) is 0 Å². The zero-order valence-electron chi connectivity index (χ0n) is 11.6. The van der Waals surface area contributed by atoms with Gasteiger partial charge >= 0.3 is 0 Å². The molecule has 1 saturated carbocycles. The molecule has 0 amide bonds. The molecule has 1 aliphatic rings. The summed E-state index contributed by atoms with van der Waals surface area (Å²) in [5.41, 5.74) is 3.55. The molecule has 3 aromatic rings. The fourth-order valence-electron chi connectivity index (χ4n) is 2.67. The maximum atomic E-state index is 4.48. The number of fused-ring (bicyclic) bond motifs is 1. The summed E-state index contributed by atoms with van der Waals surface area (Å²) in [5, 5.41) is 4.75. The first-order chi connectivity index (χ1) is 9.81. The number of rotatable bonds is 4. The second-order valence-electron chi connectivity index (χ2n) is 5.57. The van der Waals surface area contributed by atoms with Crippen LogP contribution in [0.15, 0.2) is 36.7 Å². The lowest BCUT2D eigenvalue weighted by atomic mass is 10.1. The predicted octanol–water partition coefficient (Wildman–Crippen LogP) is 2.82. The molecule has 0 spiro atoms. The van der Waals surface area contributed by atoms with Crippen LogP contribution in [0.4, 0.5) is 0 Å². The molecule has 0 unspecified atom stereocenters. The summed E-state index contributed by atoms with van der Waals surface area (Å²) in [6.07, 6.45) is 6.70. The molecule has 0 aliphatic heterocycles. The molecule has 4 rings (SSSR count). The monoisotopic (exact) mass is 266 g/mol. The van der Waals surface area contributed by atoms with Gasteiger partial charge in [0.15, 0.2) is 0 Å². The minimum atomic E-state index is 0.709. The van der Waals surface area contributed by atoms with Crippen LogP contribution in [0.2, 0.25) is 0 Å². The van der Waals surface area contributed by atoms with Crippen LogP contribution in [0.1, 0.15) is 18.7 Å². The largest absolute Gasteiger partial charge is 0.350 e. The van der Waals surface area contributed by atoms with E-state index in [9.17, 15) is 0 Å². The van der Waals surface area contributed by atoms with Gasteiger partial charge in [-0.2, -0.15) is 0 Å². The highest BCUT2D eigenvalue weighted by atomic mass is 15.0. The van der Waals surface area contributed by atoms with Crippen LogP contribution < -0.4 is 5.32 Å². The predicted molar refractivity (Wildman–Crippen MR) is 80.4 cm³/mol. The minimum absolute atomic E-state index is 0.709. The molecular formula is C16H18N4. The maximum Gasteiger partial charge on any atom is 0.120 e. The van der Waals surface area contributed by atoms with Gasteiger partial charge in [0.1, 0.15) is 5.82 Å². The molecule has 4 nitrogen and oxygen atoms in total. The molecule has 20 heavy (non-hydrogen) atoms. The Morgan fingerprint density at radius 2 is 2.20 bits per heavy atom. The minimum Gasteiger partial charge on any atom is -0.350 e. The molecule has 4 heteroatoms. The molecule has 0 saturated heterocycles. The van der Waals surface area contributed by atoms with E-state index in [-0.39, 0.29) is 0 Å². The van der Waals surface area contributed by atoms with E-state index in [1.165, 1.54) is 29.3 Å². The average molecular weight is 266 g/mol. The molecule has 1 fully saturated rings. The molecule has 2 N–H and O–H groups in total. The van der Waals surface area contributed by atoms with E-state index in [2.05, 4.69) is 57.4 Å². The van der Waals surface area contributed by atoms with Gasteiger partial charge in [0, 0.05) is 35.8 Å². The molecule has 0 bridgehead atoms. The lowest BCUT2D eigenvalue weighted by molar-refractivity contribution is 0.664. The Morgan fingerprint density at radius 1 is 1.35 bits per heavy atom. The number of para-hydroxylation sites is 1. The molecule has 0 atom stereocenters. The van der Waals surface area contributed by atoms with Crippen molar-refractivity contribution >= 4 is 10.9 Å². The molecule has 102 valence electrons. The number of imidazole rings is 1. The highest BCUT2D eigenvalue weighted by molar-refractivity contribution is 5.95. The fraction of sp³-hybridized carbons (Fsp3) is 0.312. The normalized spacial score (nSPS) is 15.1. The summed E-state index contributed by atoms with van der Waals surface area (Å²) < 4.78 is 2.16. The van der Waals surface area contributed by atoms with Crippen molar-refractivity contribution in [3.8, 4) is 11.3 Å². The zero-order chi connectivity index (χ0) is 13.5. The Hall–Kier alpha value is -2.07. The Labute approximate surface area is 117 Å². The number of nitrogens with zero attached hydrogens (tertiary/aromatic N) is 2. The SMILES string of the molecule is Cn1cc(-c2cnc(CNC3CC3)[nH]2)c2ccccc21. The Morgan fingerprint density at radius 3 is 3.05 bits per heavy atom. The topological polar surface area (TPSA) is 45.6 Å². The summed E-state index contributed by atoms with van der Waals surface area (Å²) in [5.74, 6) is 1.01. The summed E-state index contributed by atoms with van der Waals surface area (Å²) in [7, 11) is 2.08. The van der Waals surface area contributed by atoms with Gasteiger partial charge in [0.2, 0.25) is 0 Å². The first-order valence-corrected chi connectivity index (χ1v) is 7.13. The maximum absolute atomic E-state index is 4.48. The Balaban J connectivity index is 1.68. The van der Waals surface area contributed by atoms with E-state index in [4.69, 9.17) is 0 Å². The third-order valence-electron chi connectivity index (χ3n) is 3.95. The summed E-state index contributed by atoms with van der Waals surface area (Å²) in [6.45, 7) is 0.829. The van der Waals surface area contributed by atoms with Crippen LogP contribution in [-0.2, 0) is 13.6 Å². The van der Waals surface area contributed by atoms with Crippen LogP contribution in [0, 0.1) is 0 Å². The number of nitrogens with one attached hydrogen (secondary N) is 2. The highest BCUT2D eigenvalue weighted by Gasteiger charge is 2.20. The number of hydrogen-bond donors (Lipinski definition) is 2. The standard InChI is InChI=1S/C16H18N4/c1-20-10-13(12-4-2-3-5-15(12)20)14-8-18-16(19-14)9-17-11-6-7-11/h2-5,8,10-11,17H,6-7,9H2,1H3,(H,18,19). The van der Waals surface area contributed by atoms with Crippen molar-refractivity contribution in [1.29, 1.82) is 0 Å². The number of benzene rings is 1. The van der Waals surface area contributed by atoms with Crippen molar-refractivity contribution in [2.75, 3.05) is 0 Å². The van der Waals surface area contributed by atoms with Gasteiger partial charge < -0.3 is 14.9 Å². The fourth-order valence-corrected chi connectivity index (χ4v) is 2.67. The van der Waals surface area contributed by atoms with Crippen molar-refractivity contribution in [2.24, 2.45) is 7.05 Å². The molecule has 2 heterocycles. The summed E-state index contributed by atoms with van der Waals surface area (Å²) >= 11 is 0. The lowest BCUT2D eigenvalue weighted by Crippen LogP contribution is -2.16. The summed E-state index contributed by atoms with van der Waals surface area (Å²) in [4.78, 5) is 7.91. The van der Waals surface area contributed by atoms with Gasteiger partial charge in [-0.15, -0.1) is 0 Å². The van der Waals surface area contributed by atoms with Gasteiger partial charge in [-0.05, 0) is 18.9 Å². The molecule has 1 aliphatic carbocycles. The lowest BCUT2D eigenvalue weighted by Gasteiger charge is -1.98. The van der Waals surface area contributed by atoms with E-state index in [0.717, 1.165) is 18.1 Å². The Kier molecular flexibility index (Phi) is 2.63. The zero-order valence-corrected chi connectivity index (χ0v) is 11.6. The summed E-state index contributed by atoms with van der Waals surface area (Å²) in [6, 6.07) is 9.17. The number of hydrogen-bond acceptors (Lipinski definition) is 2. The van der Waals surface area contributed by atoms with Crippen LogP contribution in [0.5, 0.6) is 0 Å². The highest BCUT2D eigenvalue weighted by Crippen LogP contribution is 2.28. The van der Waals surface area contributed by atoms with E-state index in [1.807, 2.05) is 6.20 Å². The van der Waals surface area contributed by atoms with Crippen LogP contribution in [0.25, 0.3) is 22.2 Å². The van der Waals surface area contributed by atoms with Gasteiger partial charge in [0.05, 0.1) is 18.4 Å². The third kappa shape index (κ3) is 2.02. The number of aromatic nitrogens is 3. The molecular weight excluding hydrogens is 248 g/mol. The van der Waals surface area contributed by atoms with Crippen molar-refractivity contribution in [1.82, 2.24) is 19.9 Å². The van der Waals surface area contributed by atoms with E-state index < -0.39 is 0 Å². The van der Waals surface area contributed by atoms with E-state index >= 15 is 0 Å². The van der Waals surface area contributed by atoms with Crippen molar-refractivity contribution in [3.63, 3.8) is 0 Å². The van der Waals surface area contributed by atoms with Gasteiger partial charge in [0.25, 0.3) is 0 Å². The van der Waals surface area contributed by atoms with Gasteiger partial charge in [-0.25, -0.2) is 4.98 Å². The second-order valence-corrected chi connectivity index (χ2v) is 5.57. The van der Waals surface area contributed by atoms with Gasteiger partial charge in [-0.3, -0.25) is 0 Å². The third-order valence-corrected chi connectivity index (χ3v) is 3.95. The van der Waals surface area contributed by atoms with Crippen molar-refractivity contribution < 1.29 is 0 Å². The van der Waals surface area contributed by atoms with Crippen molar-refractivity contribution in [3.05, 3.63) is 42.5 Å². The van der Waals surface area contributed by atoms with Crippen LogP contribution in [-0.4, -0.2) is 20.6 Å². The first kappa shape index (κ1) is 11.7.